The van der Waals surface area contributed by atoms with Crippen LogP contribution in [0.15, 0.2) is 35.7 Å². The third-order valence-electron chi connectivity index (χ3n) is 3.41. The fraction of sp³-hybridized carbons (Fsp3) is 0.412. The van der Waals surface area contributed by atoms with E-state index in [2.05, 4.69) is 54.9 Å². The van der Waals surface area contributed by atoms with E-state index in [0.29, 0.717) is 0 Å². The van der Waals surface area contributed by atoms with Gasteiger partial charge in [-0.1, -0.05) is 38.1 Å². The zero-order valence-corrected chi connectivity index (χ0v) is 13.3. The molecule has 1 unspecified atom stereocenters. The number of ether oxygens (including phenoxy) is 1. The fourth-order valence-electron chi connectivity index (χ4n) is 2.26. The molecule has 0 fully saturated rings. The van der Waals surface area contributed by atoms with E-state index in [1.165, 1.54) is 16.0 Å². The lowest BCUT2D eigenvalue weighted by molar-refractivity contribution is 0.416. The molecule has 0 aliphatic heterocycles. The van der Waals surface area contributed by atoms with Gasteiger partial charge in [-0.3, -0.25) is 0 Å². The predicted molar refractivity (Wildman–Crippen MR) is 86.8 cm³/mol. The standard InChI is InChI=1S/C17H23NOS/c1-4-9-18-17(16-11-15(19-3)12-20-16)14-8-6-7-13(5-2)10-14/h6-8,10-12,17-18H,4-5,9H2,1-3H3. The van der Waals surface area contributed by atoms with Crippen molar-refractivity contribution in [2.75, 3.05) is 13.7 Å². The number of aryl methyl sites for hydroxylation is 1. The molecule has 0 aliphatic rings. The topological polar surface area (TPSA) is 21.3 Å². The average Bonchev–Trinajstić information content (AvgIpc) is 2.97. The Labute approximate surface area is 125 Å². The van der Waals surface area contributed by atoms with E-state index in [-0.39, 0.29) is 6.04 Å². The zero-order valence-electron chi connectivity index (χ0n) is 12.5. The first-order chi connectivity index (χ1) is 9.78. The monoisotopic (exact) mass is 289 g/mol. The Kier molecular flexibility index (Phi) is 5.62. The molecular weight excluding hydrogens is 266 g/mol. The molecule has 1 atom stereocenters. The van der Waals surface area contributed by atoms with Gasteiger partial charge in [-0.15, -0.1) is 11.3 Å². The van der Waals surface area contributed by atoms with Crippen LogP contribution in [0.1, 0.15) is 42.3 Å². The number of hydrogen-bond acceptors (Lipinski definition) is 3. The Bertz CT molecular complexity index is 535. The molecule has 3 heteroatoms. The molecule has 2 rings (SSSR count). The molecule has 1 heterocycles. The number of methoxy groups -OCH3 is 1. The first-order valence-corrected chi connectivity index (χ1v) is 8.11. The smallest absolute Gasteiger partial charge is 0.129 e. The van der Waals surface area contributed by atoms with Crippen LogP contribution in [0.5, 0.6) is 5.75 Å². The molecule has 0 radical (unpaired) electrons. The van der Waals surface area contributed by atoms with Gasteiger partial charge in [0.1, 0.15) is 5.75 Å². The second-order valence-electron chi connectivity index (χ2n) is 4.87. The average molecular weight is 289 g/mol. The van der Waals surface area contributed by atoms with Gasteiger partial charge in [-0.05, 0) is 36.6 Å². The predicted octanol–water partition coefficient (Wildman–Crippen LogP) is 4.41. The van der Waals surface area contributed by atoms with Gasteiger partial charge in [0.2, 0.25) is 0 Å². The molecule has 1 aromatic carbocycles. The highest BCUT2D eigenvalue weighted by molar-refractivity contribution is 7.10. The van der Waals surface area contributed by atoms with Crippen LogP contribution in [0.3, 0.4) is 0 Å². The van der Waals surface area contributed by atoms with E-state index >= 15 is 0 Å². The summed E-state index contributed by atoms with van der Waals surface area (Å²) in [6.07, 6.45) is 2.20. The van der Waals surface area contributed by atoms with Crippen molar-refractivity contribution in [1.29, 1.82) is 0 Å². The summed E-state index contributed by atoms with van der Waals surface area (Å²) >= 11 is 1.75. The molecule has 0 bridgehead atoms. The second-order valence-corrected chi connectivity index (χ2v) is 5.82. The van der Waals surface area contributed by atoms with E-state index < -0.39 is 0 Å². The summed E-state index contributed by atoms with van der Waals surface area (Å²) in [7, 11) is 1.72. The van der Waals surface area contributed by atoms with Crippen LogP contribution in [0.4, 0.5) is 0 Å². The lowest BCUT2D eigenvalue weighted by atomic mass is 10.0. The number of benzene rings is 1. The summed E-state index contributed by atoms with van der Waals surface area (Å²) in [5.74, 6) is 0.944. The maximum Gasteiger partial charge on any atom is 0.129 e. The normalized spacial score (nSPS) is 12.3. The maximum absolute atomic E-state index is 5.31. The first-order valence-electron chi connectivity index (χ1n) is 7.23. The molecular formula is C17H23NOS. The number of rotatable bonds is 7. The molecule has 0 amide bonds. The SMILES string of the molecule is CCCNC(c1cccc(CC)c1)c1cc(OC)cs1. The first kappa shape index (κ1) is 15.1. The quantitative estimate of drug-likeness (QED) is 0.815. The van der Waals surface area contributed by atoms with Gasteiger partial charge in [0, 0.05) is 10.3 Å². The van der Waals surface area contributed by atoms with Gasteiger partial charge in [0.15, 0.2) is 0 Å². The van der Waals surface area contributed by atoms with Crippen LogP contribution in [0.2, 0.25) is 0 Å². The summed E-state index contributed by atoms with van der Waals surface area (Å²) in [6, 6.07) is 11.2. The Morgan fingerprint density at radius 1 is 1.25 bits per heavy atom. The highest BCUT2D eigenvalue weighted by atomic mass is 32.1. The molecule has 0 aliphatic carbocycles. The molecule has 2 nitrogen and oxygen atoms in total. The van der Waals surface area contributed by atoms with E-state index in [1.54, 1.807) is 18.4 Å². The van der Waals surface area contributed by atoms with E-state index in [1.807, 2.05) is 0 Å². The minimum Gasteiger partial charge on any atom is -0.496 e. The molecule has 0 saturated heterocycles. The van der Waals surface area contributed by atoms with Crippen molar-refractivity contribution in [3.63, 3.8) is 0 Å². The maximum atomic E-state index is 5.31. The van der Waals surface area contributed by atoms with Crippen molar-refractivity contribution in [2.45, 2.75) is 32.7 Å². The van der Waals surface area contributed by atoms with Crippen LogP contribution >= 0.6 is 11.3 Å². The van der Waals surface area contributed by atoms with Gasteiger partial charge in [-0.2, -0.15) is 0 Å². The highest BCUT2D eigenvalue weighted by Gasteiger charge is 2.16. The van der Waals surface area contributed by atoms with Gasteiger partial charge in [-0.25, -0.2) is 0 Å². The highest BCUT2D eigenvalue weighted by Crippen LogP contribution is 2.31. The van der Waals surface area contributed by atoms with Gasteiger partial charge in [0.25, 0.3) is 0 Å². The minimum atomic E-state index is 0.260. The van der Waals surface area contributed by atoms with Crippen LogP contribution < -0.4 is 10.1 Å². The molecule has 108 valence electrons. The van der Waals surface area contributed by atoms with E-state index in [9.17, 15) is 0 Å². The number of hydrogen-bond donors (Lipinski definition) is 1. The van der Waals surface area contributed by atoms with Crippen LogP contribution in [0.25, 0.3) is 0 Å². The van der Waals surface area contributed by atoms with Crippen molar-refractivity contribution in [3.8, 4) is 5.75 Å². The Balaban J connectivity index is 2.30. The van der Waals surface area contributed by atoms with Crippen molar-refractivity contribution in [1.82, 2.24) is 5.32 Å². The lowest BCUT2D eigenvalue weighted by Crippen LogP contribution is -2.22. The largest absolute Gasteiger partial charge is 0.496 e. The number of nitrogens with one attached hydrogen (secondary N) is 1. The molecule has 1 aromatic heterocycles. The van der Waals surface area contributed by atoms with Gasteiger partial charge < -0.3 is 10.1 Å². The summed E-state index contributed by atoms with van der Waals surface area (Å²) in [5.41, 5.74) is 2.72. The summed E-state index contributed by atoms with van der Waals surface area (Å²) in [5, 5.41) is 5.71. The summed E-state index contributed by atoms with van der Waals surface area (Å²) in [6.45, 7) is 5.41. The van der Waals surface area contributed by atoms with Gasteiger partial charge in [0.05, 0.1) is 13.2 Å². The number of thiophene rings is 1. The Hall–Kier alpha value is -1.32. The molecule has 1 N–H and O–H groups in total. The van der Waals surface area contributed by atoms with Crippen molar-refractivity contribution in [2.24, 2.45) is 0 Å². The Morgan fingerprint density at radius 3 is 2.75 bits per heavy atom. The summed E-state index contributed by atoms with van der Waals surface area (Å²) in [4.78, 5) is 1.31. The fourth-order valence-corrected chi connectivity index (χ4v) is 3.21. The van der Waals surface area contributed by atoms with E-state index in [4.69, 9.17) is 4.74 Å². The van der Waals surface area contributed by atoms with Crippen molar-refractivity contribution < 1.29 is 4.74 Å². The minimum absolute atomic E-state index is 0.260. The van der Waals surface area contributed by atoms with Gasteiger partial charge >= 0.3 is 0 Å². The van der Waals surface area contributed by atoms with Crippen molar-refractivity contribution >= 4 is 11.3 Å². The van der Waals surface area contributed by atoms with Crippen LogP contribution in [-0.2, 0) is 6.42 Å². The molecule has 2 aromatic rings. The van der Waals surface area contributed by atoms with Crippen LogP contribution in [-0.4, -0.2) is 13.7 Å². The third-order valence-corrected chi connectivity index (χ3v) is 4.38. The Morgan fingerprint density at radius 2 is 2.10 bits per heavy atom. The molecule has 20 heavy (non-hydrogen) atoms. The lowest BCUT2D eigenvalue weighted by Gasteiger charge is -2.18. The molecule has 0 spiro atoms. The van der Waals surface area contributed by atoms with E-state index in [0.717, 1.165) is 25.1 Å². The third kappa shape index (κ3) is 3.62. The summed E-state index contributed by atoms with van der Waals surface area (Å²) < 4.78 is 5.31. The molecule has 0 saturated carbocycles. The van der Waals surface area contributed by atoms with Crippen molar-refractivity contribution in [3.05, 3.63) is 51.7 Å². The van der Waals surface area contributed by atoms with Crippen LogP contribution in [0, 0.1) is 0 Å². The second kappa shape index (κ2) is 7.46. The zero-order chi connectivity index (χ0) is 14.4.